The third kappa shape index (κ3) is 5.21. The van der Waals surface area contributed by atoms with E-state index in [1.54, 1.807) is 11.9 Å². The molecule has 0 saturated heterocycles. The maximum absolute atomic E-state index is 5.50. The summed E-state index contributed by atoms with van der Waals surface area (Å²) in [6.45, 7) is 3.99. The Bertz CT molecular complexity index is 276. The molecule has 84 valence electrons. The second-order valence-electron chi connectivity index (χ2n) is 3.54. The quantitative estimate of drug-likeness (QED) is 0.552. The third-order valence-electron chi connectivity index (χ3n) is 2.11. The van der Waals surface area contributed by atoms with Crippen molar-refractivity contribution < 1.29 is 0 Å². The van der Waals surface area contributed by atoms with Crippen LogP contribution in [0, 0.1) is 0 Å². The minimum Gasteiger partial charge on any atom is -0.330 e. The lowest BCUT2D eigenvalue weighted by molar-refractivity contribution is 0.830. The van der Waals surface area contributed by atoms with Gasteiger partial charge < -0.3 is 5.73 Å². The predicted molar refractivity (Wildman–Crippen MR) is 68.0 cm³/mol. The van der Waals surface area contributed by atoms with Gasteiger partial charge in [0.05, 0.1) is 0 Å². The zero-order valence-electron chi connectivity index (χ0n) is 9.33. The van der Waals surface area contributed by atoms with Gasteiger partial charge in [0.2, 0.25) is 0 Å². The van der Waals surface area contributed by atoms with Crippen LogP contribution in [0.15, 0.2) is 29.2 Å². The molecule has 0 heterocycles. The largest absolute Gasteiger partial charge is 0.330 e. The van der Waals surface area contributed by atoms with E-state index in [0.29, 0.717) is 0 Å². The summed E-state index contributed by atoms with van der Waals surface area (Å²) in [7, 11) is 0. The van der Waals surface area contributed by atoms with Crippen LogP contribution in [0.5, 0.6) is 0 Å². The van der Waals surface area contributed by atoms with Gasteiger partial charge in [-0.1, -0.05) is 19.1 Å². The molecule has 0 aliphatic carbocycles. The summed E-state index contributed by atoms with van der Waals surface area (Å²) in [5, 5.41) is 0. The van der Waals surface area contributed by atoms with E-state index in [1.807, 2.05) is 0 Å². The maximum atomic E-state index is 5.50. The Morgan fingerprint density at radius 1 is 1.40 bits per heavy atom. The van der Waals surface area contributed by atoms with Crippen LogP contribution in [0.1, 0.15) is 25.3 Å². The van der Waals surface area contributed by atoms with Crippen LogP contribution in [0.2, 0.25) is 0 Å². The molecular weight excluding hydrogens is 204 g/mol. The highest BCUT2D eigenvalue weighted by molar-refractivity contribution is 7.97. The van der Waals surface area contributed by atoms with Gasteiger partial charge >= 0.3 is 0 Å². The predicted octanol–water partition coefficient (Wildman–Crippen LogP) is 2.58. The van der Waals surface area contributed by atoms with Crippen molar-refractivity contribution in [3.8, 4) is 0 Å². The van der Waals surface area contributed by atoms with Gasteiger partial charge in [-0.05, 0) is 55.5 Å². The molecule has 0 aromatic heterocycles. The molecular formula is C12H20N2S. The van der Waals surface area contributed by atoms with E-state index in [0.717, 1.165) is 25.9 Å². The average Bonchev–Trinajstić information content (AvgIpc) is 2.27. The smallest absolute Gasteiger partial charge is 0.0230 e. The summed E-state index contributed by atoms with van der Waals surface area (Å²) >= 11 is 1.71. The van der Waals surface area contributed by atoms with Crippen LogP contribution in [0.3, 0.4) is 0 Å². The zero-order chi connectivity index (χ0) is 10.9. The van der Waals surface area contributed by atoms with Gasteiger partial charge in [-0.3, -0.25) is 4.72 Å². The maximum Gasteiger partial charge on any atom is 0.0230 e. The number of hydrogen-bond donors (Lipinski definition) is 2. The van der Waals surface area contributed by atoms with Crippen molar-refractivity contribution in [1.82, 2.24) is 4.72 Å². The normalized spacial score (nSPS) is 10.5. The summed E-state index contributed by atoms with van der Waals surface area (Å²) in [6, 6.07) is 8.66. The number of nitrogens with two attached hydrogens (primary N) is 1. The summed E-state index contributed by atoms with van der Waals surface area (Å²) in [5.41, 5.74) is 6.87. The van der Waals surface area contributed by atoms with Gasteiger partial charge in [0.15, 0.2) is 0 Å². The zero-order valence-corrected chi connectivity index (χ0v) is 10.1. The minimum absolute atomic E-state index is 0.769. The second-order valence-corrected chi connectivity index (χ2v) is 4.50. The second kappa shape index (κ2) is 7.74. The SMILES string of the molecule is CCCNSc1cccc(CCCN)c1. The lowest BCUT2D eigenvalue weighted by Gasteiger charge is -2.05. The molecule has 0 aliphatic heterocycles. The van der Waals surface area contributed by atoms with Crippen molar-refractivity contribution in [1.29, 1.82) is 0 Å². The van der Waals surface area contributed by atoms with E-state index in [4.69, 9.17) is 5.73 Å². The Balaban J connectivity index is 2.42. The molecule has 0 bridgehead atoms. The number of rotatable bonds is 7. The van der Waals surface area contributed by atoms with Crippen molar-refractivity contribution in [3.05, 3.63) is 29.8 Å². The van der Waals surface area contributed by atoms with Crippen molar-refractivity contribution in [3.63, 3.8) is 0 Å². The number of nitrogens with one attached hydrogen (secondary N) is 1. The highest BCUT2D eigenvalue weighted by Crippen LogP contribution is 2.16. The fourth-order valence-electron chi connectivity index (χ4n) is 1.31. The Morgan fingerprint density at radius 3 is 3.00 bits per heavy atom. The third-order valence-corrected chi connectivity index (χ3v) is 2.95. The minimum atomic E-state index is 0.769. The molecule has 0 amide bonds. The van der Waals surface area contributed by atoms with Gasteiger partial charge in [0, 0.05) is 11.4 Å². The highest BCUT2D eigenvalue weighted by atomic mass is 32.2. The molecule has 0 spiro atoms. The van der Waals surface area contributed by atoms with Gasteiger partial charge in [-0.15, -0.1) is 0 Å². The van der Waals surface area contributed by atoms with Crippen molar-refractivity contribution >= 4 is 11.9 Å². The van der Waals surface area contributed by atoms with E-state index in [-0.39, 0.29) is 0 Å². The van der Waals surface area contributed by atoms with Gasteiger partial charge in [0.1, 0.15) is 0 Å². The average molecular weight is 224 g/mol. The van der Waals surface area contributed by atoms with Crippen LogP contribution in [-0.4, -0.2) is 13.1 Å². The first-order valence-electron chi connectivity index (χ1n) is 5.55. The molecule has 0 saturated carbocycles. The molecule has 1 aromatic carbocycles. The number of benzene rings is 1. The molecule has 0 radical (unpaired) electrons. The topological polar surface area (TPSA) is 38.0 Å². The number of aryl methyl sites for hydroxylation is 1. The fourth-order valence-corrected chi connectivity index (χ4v) is 2.14. The molecule has 0 atom stereocenters. The molecule has 3 N–H and O–H groups in total. The Labute approximate surface area is 96.8 Å². The summed E-state index contributed by atoms with van der Waals surface area (Å²) in [6.07, 6.45) is 3.31. The standard InChI is InChI=1S/C12H20N2S/c1-2-9-14-15-12-7-3-5-11(10-12)6-4-8-13/h3,5,7,10,14H,2,4,6,8-9,13H2,1H3. The summed E-state index contributed by atoms with van der Waals surface area (Å²) < 4.78 is 3.33. The van der Waals surface area contributed by atoms with Gasteiger partial charge in [-0.25, -0.2) is 0 Å². The van der Waals surface area contributed by atoms with Gasteiger partial charge in [-0.2, -0.15) is 0 Å². The van der Waals surface area contributed by atoms with Crippen LogP contribution >= 0.6 is 11.9 Å². The first-order chi connectivity index (χ1) is 7.36. The van der Waals surface area contributed by atoms with Crippen LogP contribution in [-0.2, 0) is 6.42 Å². The Hall–Kier alpha value is -0.510. The van der Waals surface area contributed by atoms with E-state index < -0.39 is 0 Å². The molecule has 3 heteroatoms. The molecule has 1 rings (SSSR count). The fraction of sp³-hybridized carbons (Fsp3) is 0.500. The van der Waals surface area contributed by atoms with Gasteiger partial charge in [0.25, 0.3) is 0 Å². The van der Waals surface area contributed by atoms with E-state index >= 15 is 0 Å². The van der Waals surface area contributed by atoms with E-state index in [9.17, 15) is 0 Å². The van der Waals surface area contributed by atoms with Crippen LogP contribution < -0.4 is 10.5 Å². The van der Waals surface area contributed by atoms with Crippen molar-refractivity contribution in [2.75, 3.05) is 13.1 Å². The number of hydrogen-bond acceptors (Lipinski definition) is 3. The molecule has 0 aliphatic rings. The van der Waals surface area contributed by atoms with Crippen molar-refractivity contribution in [2.45, 2.75) is 31.1 Å². The van der Waals surface area contributed by atoms with Crippen LogP contribution in [0.4, 0.5) is 0 Å². The molecule has 15 heavy (non-hydrogen) atoms. The summed E-state index contributed by atoms with van der Waals surface area (Å²) in [5.74, 6) is 0. The Morgan fingerprint density at radius 2 is 2.27 bits per heavy atom. The monoisotopic (exact) mass is 224 g/mol. The van der Waals surface area contributed by atoms with Crippen LogP contribution in [0.25, 0.3) is 0 Å². The highest BCUT2D eigenvalue weighted by Gasteiger charge is 1.96. The summed E-state index contributed by atoms with van der Waals surface area (Å²) in [4.78, 5) is 1.29. The first-order valence-corrected chi connectivity index (χ1v) is 6.37. The lowest BCUT2D eigenvalue weighted by Crippen LogP contribution is -2.03. The van der Waals surface area contributed by atoms with Crippen molar-refractivity contribution in [2.24, 2.45) is 5.73 Å². The molecule has 2 nitrogen and oxygen atoms in total. The molecule has 0 unspecified atom stereocenters. The first kappa shape index (κ1) is 12.6. The molecule has 1 aromatic rings. The Kier molecular flexibility index (Phi) is 6.48. The molecule has 0 fully saturated rings. The lowest BCUT2D eigenvalue weighted by atomic mass is 10.1. The van der Waals surface area contributed by atoms with E-state index in [2.05, 4.69) is 35.9 Å². The van der Waals surface area contributed by atoms with E-state index in [1.165, 1.54) is 16.9 Å².